The van der Waals surface area contributed by atoms with Crippen LogP contribution in [0.25, 0.3) is 0 Å². The lowest BCUT2D eigenvalue weighted by molar-refractivity contribution is -0.111. The molecule has 11 heteroatoms. The van der Waals surface area contributed by atoms with Gasteiger partial charge in [0.15, 0.2) is 5.82 Å². The minimum Gasteiger partial charge on any atom is -0.494 e. The van der Waals surface area contributed by atoms with Crippen molar-refractivity contribution in [2.45, 2.75) is 13.0 Å². The van der Waals surface area contributed by atoms with Gasteiger partial charge in [0.25, 0.3) is 0 Å². The third-order valence-electron chi connectivity index (χ3n) is 6.68. The third-order valence-corrected chi connectivity index (χ3v) is 7.97. The Morgan fingerprint density at radius 3 is 2.76 bits per heavy atom. The van der Waals surface area contributed by atoms with E-state index in [0.717, 1.165) is 51.4 Å². The van der Waals surface area contributed by atoms with Gasteiger partial charge in [-0.15, -0.1) is 11.3 Å². The molecule has 2 aliphatic heterocycles. The predicted molar refractivity (Wildman–Crippen MR) is 151 cm³/mol. The van der Waals surface area contributed by atoms with E-state index in [-0.39, 0.29) is 5.91 Å². The molecule has 1 aromatic carbocycles. The van der Waals surface area contributed by atoms with Crippen LogP contribution in [0.2, 0.25) is 5.02 Å². The highest BCUT2D eigenvalue weighted by molar-refractivity contribution is 7.10. The average Bonchev–Trinajstić information content (AvgIpc) is 3.38. The number of thiophene rings is 1. The van der Waals surface area contributed by atoms with E-state index in [1.807, 2.05) is 12.1 Å². The van der Waals surface area contributed by atoms with Gasteiger partial charge in [-0.3, -0.25) is 4.79 Å². The molecule has 2 aromatic heterocycles. The van der Waals surface area contributed by atoms with Crippen LogP contribution in [0.4, 0.5) is 28.8 Å². The summed E-state index contributed by atoms with van der Waals surface area (Å²) < 4.78 is 5.73. The molecule has 1 amide bonds. The van der Waals surface area contributed by atoms with Gasteiger partial charge < -0.3 is 30.1 Å². The van der Waals surface area contributed by atoms with Crippen LogP contribution in [0.1, 0.15) is 10.4 Å². The molecule has 0 saturated carbocycles. The summed E-state index contributed by atoms with van der Waals surface area (Å²) in [5.74, 6) is 1.41. The molecule has 2 N–H and O–H groups in total. The Kier molecular flexibility index (Phi) is 7.50. The number of halogens is 1. The van der Waals surface area contributed by atoms with E-state index < -0.39 is 0 Å². The number of piperazine rings is 1. The van der Waals surface area contributed by atoms with Crippen molar-refractivity contribution in [3.8, 4) is 5.75 Å². The van der Waals surface area contributed by atoms with Gasteiger partial charge in [-0.25, -0.2) is 4.98 Å². The number of aromatic nitrogens is 2. The van der Waals surface area contributed by atoms with E-state index >= 15 is 0 Å². The number of anilines is 5. The number of amides is 1. The number of carbonyl (C=O) groups excluding carboxylic acids is 1. The van der Waals surface area contributed by atoms with Gasteiger partial charge in [-0.1, -0.05) is 18.2 Å². The van der Waals surface area contributed by atoms with E-state index in [0.29, 0.717) is 33.9 Å². The molecule has 0 bridgehead atoms. The van der Waals surface area contributed by atoms with Crippen molar-refractivity contribution in [3.63, 3.8) is 0 Å². The van der Waals surface area contributed by atoms with E-state index in [4.69, 9.17) is 21.3 Å². The van der Waals surface area contributed by atoms with Gasteiger partial charge >= 0.3 is 0 Å². The SMILES string of the molecule is C=CC(=O)Nc1cc(Nc2ncc(Cl)c(N3CCc4sccc4C3)n2)c(OC)cc1N1CCN(C)CC1. The number of hydrogen-bond donors (Lipinski definition) is 2. The summed E-state index contributed by atoms with van der Waals surface area (Å²) in [4.78, 5) is 29.5. The molecule has 9 nitrogen and oxygen atoms in total. The largest absolute Gasteiger partial charge is 0.494 e. The second-order valence-corrected chi connectivity index (χ2v) is 10.5. The molecule has 3 aromatic rings. The number of nitrogens with zero attached hydrogens (tertiary/aromatic N) is 5. The van der Waals surface area contributed by atoms with Crippen molar-refractivity contribution in [3.05, 3.63) is 57.9 Å². The van der Waals surface area contributed by atoms with E-state index in [1.165, 1.54) is 16.5 Å². The number of rotatable bonds is 7. The van der Waals surface area contributed by atoms with Crippen molar-refractivity contribution < 1.29 is 9.53 Å². The summed E-state index contributed by atoms with van der Waals surface area (Å²) >= 11 is 8.32. The van der Waals surface area contributed by atoms with Crippen molar-refractivity contribution in [1.82, 2.24) is 14.9 Å². The van der Waals surface area contributed by atoms with Gasteiger partial charge in [0.2, 0.25) is 11.9 Å². The van der Waals surface area contributed by atoms with Crippen LogP contribution >= 0.6 is 22.9 Å². The number of hydrogen-bond acceptors (Lipinski definition) is 9. The molecule has 37 heavy (non-hydrogen) atoms. The summed E-state index contributed by atoms with van der Waals surface area (Å²) in [5, 5.41) is 8.86. The molecule has 5 rings (SSSR count). The Labute approximate surface area is 225 Å². The van der Waals surface area contributed by atoms with Crippen LogP contribution in [-0.4, -0.2) is 67.7 Å². The first kappa shape index (κ1) is 25.3. The van der Waals surface area contributed by atoms with Gasteiger partial charge in [0.05, 0.1) is 30.4 Å². The van der Waals surface area contributed by atoms with Gasteiger partial charge in [0.1, 0.15) is 10.8 Å². The molecule has 4 heterocycles. The zero-order chi connectivity index (χ0) is 25.9. The fourth-order valence-corrected chi connectivity index (χ4v) is 5.72. The van der Waals surface area contributed by atoms with Gasteiger partial charge in [-0.2, -0.15) is 4.98 Å². The maximum Gasteiger partial charge on any atom is 0.247 e. The average molecular weight is 540 g/mol. The van der Waals surface area contributed by atoms with Crippen LogP contribution in [0.5, 0.6) is 5.75 Å². The maximum absolute atomic E-state index is 12.3. The number of methoxy groups -OCH3 is 1. The Bertz CT molecular complexity index is 1310. The Morgan fingerprint density at radius 1 is 1.19 bits per heavy atom. The number of carbonyl (C=O) groups is 1. The first-order valence-corrected chi connectivity index (χ1v) is 13.4. The first-order valence-electron chi connectivity index (χ1n) is 12.1. The lowest BCUT2D eigenvalue weighted by Gasteiger charge is -2.35. The summed E-state index contributed by atoms with van der Waals surface area (Å²) in [6.07, 6.45) is 3.84. The highest BCUT2D eigenvalue weighted by atomic mass is 35.5. The predicted octanol–water partition coefficient (Wildman–Crippen LogP) is 4.38. The molecule has 1 fully saturated rings. The van der Waals surface area contributed by atoms with Crippen LogP contribution in [-0.2, 0) is 17.8 Å². The zero-order valence-electron chi connectivity index (χ0n) is 21.0. The Balaban J connectivity index is 1.45. The van der Waals surface area contributed by atoms with E-state index in [2.05, 4.69) is 55.4 Å². The number of benzene rings is 1. The molecule has 0 radical (unpaired) electrons. The van der Waals surface area contributed by atoms with Gasteiger partial charge in [0, 0.05) is 50.2 Å². The Hall–Kier alpha value is -3.34. The smallest absolute Gasteiger partial charge is 0.247 e. The third kappa shape index (κ3) is 5.51. The molecule has 0 unspecified atom stereocenters. The number of nitrogens with one attached hydrogen (secondary N) is 2. The van der Waals surface area contributed by atoms with E-state index in [9.17, 15) is 4.79 Å². The van der Waals surface area contributed by atoms with Crippen molar-refractivity contribution in [2.75, 3.05) is 67.3 Å². The highest BCUT2D eigenvalue weighted by Gasteiger charge is 2.23. The first-order chi connectivity index (χ1) is 17.9. The Morgan fingerprint density at radius 2 is 2.00 bits per heavy atom. The fraction of sp³-hybridized carbons (Fsp3) is 0.346. The quantitative estimate of drug-likeness (QED) is 0.428. The molecule has 2 aliphatic rings. The lowest BCUT2D eigenvalue weighted by atomic mass is 10.1. The molecule has 0 spiro atoms. The standard InChI is InChI=1S/C26H30ClN7O2S/c1-4-24(35)29-19-13-20(22(36-3)14-21(19)33-10-8-32(2)9-11-33)30-26-28-15-18(27)25(31-26)34-7-5-23-17(16-34)6-12-37-23/h4,6,12-15H,1,5,7-11,16H2,2-3H3,(H,29,35)(H,28,30,31). The monoisotopic (exact) mass is 539 g/mol. The zero-order valence-corrected chi connectivity index (χ0v) is 22.5. The maximum atomic E-state index is 12.3. The minimum atomic E-state index is -0.283. The van der Waals surface area contributed by atoms with Crippen molar-refractivity contribution >= 4 is 57.7 Å². The summed E-state index contributed by atoms with van der Waals surface area (Å²) in [6.45, 7) is 8.74. The number of fused-ring (bicyclic) bond motifs is 1. The van der Waals surface area contributed by atoms with Crippen molar-refractivity contribution in [2.24, 2.45) is 0 Å². The molecule has 194 valence electrons. The number of likely N-dealkylation sites (N-methyl/N-ethyl adjacent to an activating group) is 1. The van der Waals surface area contributed by atoms with Crippen LogP contribution in [0, 0.1) is 0 Å². The second kappa shape index (κ2) is 11.0. The lowest BCUT2D eigenvalue weighted by Crippen LogP contribution is -2.44. The summed E-state index contributed by atoms with van der Waals surface area (Å²) in [6, 6.07) is 5.95. The van der Waals surface area contributed by atoms with Gasteiger partial charge in [-0.05, 0) is 42.6 Å². The molecule has 1 saturated heterocycles. The highest BCUT2D eigenvalue weighted by Crippen LogP contribution is 2.39. The van der Waals surface area contributed by atoms with Crippen molar-refractivity contribution in [1.29, 1.82) is 0 Å². The molecular weight excluding hydrogens is 510 g/mol. The van der Waals surface area contributed by atoms with Crippen LogP contribution < -0.4 is 25.2 Å². The second-order valence-electron chi connectivity index (χ2n) is 9.08. The summed E-state index contributed by atoms with van der Waals surface area (Å²) in [7, 11) is 3.73. The summed E-state index contributed by atoms with van der Waals surface area (Å²) in [5.41, 5.74) is 3.49. The molecule has 0 atom stereocenters. The van der Waals surface area contributed by atoms with Crippen LogP contribution in [0.15, 0.2) is 42.4 Å². The normalized spacial score (nSPS) is 15.8. The topological polar surface area (TPSA) is 85.9 Å². The molecule has 0 aliphatic carbocycles. The minimum absolute atomic E-state index is 0.283. The molecular formula is C26H30ClN7O2S. The number of ether oxygens (including phenoxy) is 1. The van der Waals surface area contributed by atoms with E-state index in [1.54, 1.807) is 24.6 Å². The fourth-order valence-electron chi connectivity index (χ4n) is 4.62. The van der Waals surface area contributed by atoms with Crippen LogP contribution in [0.3, 0.4) is 0 Å².